The van der Waals surface area contributed by atoms with Gasteiger partial charge in [0.05, 0.1) is 0 Å². The lowest BCUT2D eigenvalue weighted by atomic mass is 10.1. The van der Waals surface area contributed by atoms with Crippen LogP contribution in [0.3, 0.4) is 0 Å². The van der Waals surface area contributed by atoms with E-state index in [1.54, 1.807) is 0 Å². The maximum absolute atomic E-state index is 13.5. The number of anilines is 2. The van der Waals surface area contributed by atoms with Crippen molar-refractivity contribution in [3.63, 3.8) is 0 Å². The van der Waals surface area contributed by atoms with Gasteiger partial charge in [0.15, 0.2) is 10.9 Å². The molecule has 2 N–H and O–H groups in total. The van der Waals surface area contributed by atoms with Crippen LogP contribution in [0.2, 0.25) is 0 Å². The summed E-state index contributed by atoms with van der Waals surface area (Å²) < 4.78 is 0. The Morgan fingerprint density at radius 2 is 1.09 bits per heavy atom. The Labute approximate surface area is 206 Å². The molecule has 0 atom stereocenters. The molecule has 0 amide bonds. The molecule has 184 valence electrons. The van der Waals surface area contributed by atoms with E-state index in [0.29, 0.717) is 30.4 Å². The molecular formula is C28H35N5O2. The second kappa shape index (κ2) is 9.58. The summed E-state index contributed by atoms with van der Waals surface area (Å²) in [6, 6.07) is 11.8. The molecule has 0 unspecified atom stereocenters. The van der Waals surface area contributed by atoms with Gasteiger partial charge in [-0.05, 0) is 56.8 Å². The van der Waals surface area contributed by atoms with Gasteiger partial charge in [-0.15, -0.1) is 0 Å². The number of hydrogen-bond donors (Lipinski definition) is 2. The number of rotatable bonds is 7. The van der Waals surface area contributed by atoms with Gasteiger partial charge in [0.2, 0.25) is 0 Å². The Morgan fingerprint density at radius 3 is 1.43 bits per heavy atom. The summed E-state index contributed by atoms with van der Waals surface area (Å²) >= 11 is 0. The molecule has 0 radical (unpaired) electrons. The van der Waals surface area contributed by atoms with Crippen molar-refractivity contribution in [2.45, 2.75) is 33.9 Å². The minimum atomic E-state index is 0.0400. The Hall–Kier alpha value is -3.58. The lowest BCUT2D eigenvalue weighted by Gasteiger charge is -2.23. The summed E-state index contributed by atoms with van der Waals surface area (Å²) in [5.41, 5.74) is 6.92. The molecule has 0 saturated carbocycles. The van der Waals surface area contributed by atoms with Gasteiger partial charge >= 0.3 is 0 Å². The molecule has 0 spiro atoms. The van der Waals surface area contributed by atoms with Crippen molar-refractivity contribution >= 4 is 33.2 Å². The highest BCUT2D eigenvalue weighted by Crippen LogP contribution is 2.21. The zero-order valence-corrected chi connectivity index (χ0v) is 21.7. The van der Waals surface area contributed by atoms with Crippen LogP contribution in [-0.4, -0.2) is 49.6 Å². The molecule has 4 rings (SSSR count). The third kappa shape index (κ3) is 4.68. The van der Waals surface area contributed by atoms with Crippen LogP contribution in [0.25, 0.3) is 21.8 Å². The second-order valence-electron chi connectivity index (χ2n) is 9.67. The Bertz CT molecular complexity index is 1400. The first-order chi connectivity index (χ1) is 16.6. The van der Waals surface area contributed by atoms with Gasteiger partial charge in [-0.25, -0.2) is 0 Å². The van der Waals surface area contributed by atoms with Gasteiger partial charge in [-0.2, -0.15) is 0 Å². The molecule has 35 heavy (non-hydrogen) atoms. The number of hydrogen-bond acceptors (Lipinski definition) is 5. The molecule has 0 saturated heterocycles. The maximum atomic E-state index is 13.5. The van der Waals surface area contributed by atoms with Crippen LogP contribution in [0.5, 0.6) is 0 Å². The van der Waals surface area contributed by atoms with Gasteiger partial charge in [-0.1, -0.05) is 6.92 Å². The number of benzene rings is 2. The quantitative estimate of drug-likeness (QED) is 0.422. The lowest BCUT2D eigenvalue weighted by Crippen LogP contribution is -2.30. The van der Waals surface area contributed by atoms with Crippen LogP contribution in [0.15, 0.2) is 46.0 Å². The van der Waals surface area contributed by atoms with E-state index in [4.69, 9.17) is 0 Å². The smallest absolute Gasteiger partial charge is 0.194 e. The van der Waals surface area contributed by atoms with Gasteiger partial charge in [-0.3, -0.25) is 14.5 Å². The van der Waals surface area contributed by atoms with Crippen molar-refractivity contribution in [1.29, 1.82) is 0 Å². The van der Waals surface area contributed by atoms with Crippen molar-refractivity contribution in [2.24, 2.45) is 0 Å². The first kappa shape index (κ1) is 24.5. The number of aromatic nitrogens is 2. The number of nitrogens with zero attached hydrogens (tertiary/aromatic N) is 3. The highest BCUT2D eigenvalue weighted by Gasteiger charge is 2.17. The van der Waals surface area contributed by atoms with Crippen LogP contribution < -0.4 is 20.7 Å². The zero-order chi connectivity index (χ0) is 25.4. The molecule has 0 aliphatic heterocycles. The number of pyridine rings is 2. The molecule has 4 aromatic rings. The van der Waals surface area contributed by atoms with Crippen LogP contribution in [-0.2, 0) is 13.1 Å². The zero-order valence-electron chi connectivity index (χ0n) is 21.7. The molecule has 0 bridgehead atoms. The average Bonchev–Trinajstić information content (AvgIpc) is 2.82. The Kier molecular flexibility index (Phi) is 6.72. The highest BCUT2D eigenvalue weighted by molar-refractivity contribution is 5.84. The van der Waals surface area contributed by atoms with Gasteiger partial charge < -0.3 is 19.8 Å². The number of fused-ring (bicyclic) bond motifs is 2. The van der Waals surface area contributed by atoms with E-state index in [2.05, 4.69) is 21.8 Å². The van der Waals surface area contributed by atoms with E-state index in [-0.39, 0.29) is 10.9 Å². The lowest BCUT2D eigenvalue weighted by molar-refractivity contribution is 0.268. The molecular weight excluding hydrogens is 438 g/mol. The van der Waals surface area contributed by atoms with E-state index in [1.807, 2.05) is 88.2 Å². The van der Waals surface area contributed by atoms with Gasteiger partial charge in [0.1, 0.15) is 0 Å². The molecule has 7 heteroatoms. The minimum Gasteiger partial charge on any atom is -0.378 e. The monoisotopic (exact) mass is 473 g/mol. The van der Waals surface area contributed by atoms with E-state index >= 15 is 0 Å². The topological polar surface area (TPSA) is 75.4 Å². The summed E-state index contributed by atoms with van der Waals surface area (Å²) in [7, 11) is 7.87. The normalized spacial score (nSPS) is 11.5. The number of aromatic amines is 2. The summed E-state index contributed by atoms with van der Waals surface area (Å²) in [4.78, 5) is 39.9. The summed E-state index contributed by atoms with van der Waals surface area (Å²) in [5, 5.41) is 1.37. The summed E-state index contributed by atoms with van der Waals surface area (Å²) in [6.45, 7) is 7.59. The second-order valence-corrected chi connectivity index (χ2v) is 9.67. The fraction of sp³-hybridized carbons (Fsp3) is 0.357. The molecule has 0 aliphatic carbocycles. The van der Waals surface area contributed by atoms with Crippen molar-refractivity contribution in [1.82, 2.24) is 14.9 Å². The third-order valence-corrected chi connectivity index (χ3v) is 6.84. The predicted octanol–water partition coefficient (Wildman–Crippen LogP) is 4.14. The van der Waals surface area contributed by atoms with E-state index in [0.717, 1.165) is 44.9 Å². The SMILES string of the molecule is CCN(Cc1c(C)[nH]c2ccc(N(C)C)cc2c1=O)Cc1c(C)[nH]c2ccc(N(C)C)cc2c1=O. The fourth-order valence-electron chi connectivity index (χ4n) is 4.54. The van der Waals surface area contributed by atoms with Crippen molar-refractivity contribution in [2.75, 3.05) is 44.5 Å². The van der Waals surface area contributed by atoms with Crippen LogP contribution in [0.4, 0.5) is 11.4 Å². The first-order valence-corrected chi connectivity index (χ1v) is 12.0. The van der Waals surface area contributed by atoms with Crippen LogP contribution >= 0.6 is 0 Å². The molecule has 2 aromatic heterocycles. The maximum Gasteiger partial charge on any atom is 0.194 e. The Morgan fingerprint density at radius 1 is 0.686 bits per heavy atom. The first-order valence-electron chi connectivity index (χ1n) is 12.0. The van der Waals surface area contributed by atoms with Crippen molar-refractivity contribution in [3.8, 4) is 0 Å². The van der Waals surface area contributed by atoms with E-state index < -0.39 is 0 Å². The molecule has 2 aromatic carbocycles. The predicted molar refractivity (Wildman–Crippen MR) is 147 cm³/mol. The van der Waals surface area contributed by atoms with Crippen molar-refractivity contribution < 1.29 is 0 Å². The van der Waals surface area contributed by atoms with Gasteiger partial charge in [0, 0.05) is 97.0 Å². The standard InChI is InChI=1S/C28H35N5O2/c1-8-33(15-23-17(2)29-25-11-9-19(31(4)5)13-21(25)27(23)34)16-24-18(3)30-26-12-10-20(32(6)7)14-22(26)28(24)35/h9-14H,8,15-16H2,1-7H3,(H,29,34)(H,30,35). The van der Waals surface area contributed by atoms with Crippen LogP contribution in [0.1, 0.15) is 29.4 Å². The van der Waals surface area contributed by atoms with Crippen LogP contribution in [0, 0.1) is 13.8 Å². The van der Waals surface area contributed by atoms with Gasteiger partial charge in [0.25, 0.3) is 0 Å². The van der Waals surface area contributed by atoms with E-state index in [9.17, 15) is 9.59 Å². The molecule has 7 nitrogen and oxygen atoms in total. The average molecular weight is 474 g/mol. The third-order valence-electron chi connectivity index (χ3n) is 6.84. The minimum absolute atomic E-state index is 0.0400. The number of nitrogens with one attached hydrogen (secondary N) is 2. The van der Waals surface area contributed by atoms with Crippen molar-refractivity contribution in [3.05, 3.63) is 79.4 Å². The molecule has 0 aliphatic rings. The summed E-state index contributed by atoms with van der Waals surface area (Å²) in [5.74, 6) is 0. The molecule has 2 heterocycles. The van der Waals surface area contributed by atoms with E-state index in [1.165, 1.54) is 0 Å². The largest absolute Gasteiger partial charge is 0.378 e. The molecule has 0 fully saturated rings. The summed E-state index contributed by atoms with van der Waals surface area (Å²) in [6.07, 6.45) is 0. The number of aryl methyl sites for hydroxylation is 2. The Balaban J connectivity index is 1.73. The highest BCUT2D eigenvalue weighted by atomic mass is 16.1. The fourth-order valence-corrected chi connectivity index (χ4v) is 4.54. The number of H-pyrrole nitrogens is 2.